The lowest BCUT2D eigenvalue weighted by Gasteiger charge is -2.13. The van der Waals surface area contributed by atoms with Crippen molar-refractivity contribution in [2.75, 3.05) is 31.7 Å². The van der Waals surface area contributed by atoms with E-state index in [-0.39, 0.29) is 12.5 Å². The fraction of sp³-hybridized carbons (Fsp3) is 0.273. The van der Waals surface area contributed by atoms with Crippen molar-refractivity contribution in [2.45, 2.75) is 0 Å². The molecule has 0 radical (unpaired) electrons. The van der Waals surface area contributed by atoms with Crippen LogP contribution in [0.3, 0.4) is 0 Å². The molecule has 0 spiro atoms. The third-order valence-corrected chi connectivity index (χ3v) is 2.14. The van der Waals surface area contributed by atoms with Crippen LogP contribution in [0.25, 0.3) is 0 Å². The smallest absolute Gasteiger partial charge is 0.322 e. The molecule has 0 heterocycles. The average Bonchev–Trinajstić information content (AvgIpc) is 2.26. The van der Waals surface area contributed by atoms with Gasteiger partial charge in [-0.3, -0.25) is 9.59 Å². The minimum Gasteiger partial charge on any atom is -0.480 e. The minimum absolute atomic E-state index is 0.164. The summed E-state index contributed by atoms with van der Waals surface area (Å²) in [7, 11) is 3.28. The number of carbonyl (C=O) groups excluding carboxylic acids is 1. The second-order valence-corrected chi connectivity index (χ2v) is 3.75. The van der Waals surface area contributed by atoms with E-state index in [9.17, 15) is 9.59 Å². The summed E-state index contributed by atoms with van der Waals surface area (Å²) < 4.78 is 0. The minimum atomic E-state index is -0.992. The molecule has 0 aromatic heterocycles. The quantitative estimate of drug-likeness (QED) is 0.661. The average molecular weight is 237 g/mol. The largest absolute Gasteiger partial charge is 0.480 e. The number of nitrogens with zero attached hydrogens (tertiary/aromatic N) is 1. The third kappa shape index (κ3) is 3.37. The van der Waals surface area contributed by atoms with Gasteiger partial charge >= 0.3 is 5.97 Å². The molecule has 1 aromatic carbocycles. The van der Waals surface area contributed by atoms with Crippen molar-refractivity contribution < 1.29 is 14.7 Å². The van der Waals surface area contributed by atoms with E-state index < -0.39 is 5.97 Å². The molecule has 0 fully saturated rings. The van der Waals surface area contributed by atoms with Crippen molar-refractivity contribution in [1.82, 2.24) is 4.90 Å². The zero-order valence-corrected chi connectivity index (χ0v) is 9.73. The number of nitrogen functional groups attached to an aromatic ring is 1. The van der Waals surface area contributed by atoms with Crippen molar-refractivity contribution in [3.05, 3.63) is 23.8 Å². The summed E-state index contributed by atoms with van der Waals surface area (Å²) in [5, 5.41) is 11.2. The van der Waals surface area contributed by atoms with Crippen LogP contribution in [0.4, 0.5) is 11.4 Å². The Morgan fingerprint density at radius 3 is 2.59 bits per heavy atom. The van der Waals surface area contributed by atoms with Gasteiger partial charge in [0.05, 0.1) is 11.4 Å². The van der Waals surface area contributed by atoms with E-state index >= 15 is 0 Å². The maximum atomic E-state index is 11.7. The van der Waals surface area contributed by atoms with Crippen molar-refractivity contribution in [3.8, 4) is 0 Å². The maximum Gasteiger partial charge on any atom is 0.322 e. The molecule has 4 N–H and O–H groups in total. The van der Waals surface area contributed by atoms with Crippen LogP contribution in [0.1, 0.15) is 10.4 Å². The number of carboxylic acids is 1. The van der Waals surface area contributed by atoms with Gasteiger partial charge in [-0.1, -0.05) is 0 Å². The lowest BCUT2D eigenvalue weighted by molar-refractivity contribution is -0.134. The molecule has 6 nitrogen and oxygen atoms in total. The van der Waals surface area contributed by atoms with E-state index in [2.05, 4.69) is 5.32 Å². The van der Waals surface area contributed by atoms with Gasteiger partial charge in [0.25, 0.3) is 5.91 Å². The number of hydrogen-bond donors (Lipinski definition) is 3. The lowest BCUT2D eigenvalue weighted by Crippen LogP contribution is -2.22. The SMILES string of the molecule is CN(C)C(=O)c1ccc(N)c(NCC(=O)O)c1. The first-order chi connectivity index (χ1) is 7.91. The zero-order chi connectivity index (χ0) is 13.0. The van der Waals surface area contributed by atoms with Gasteiger partial charge in [-0.05, 0) is 18.2 Å². The first-order valence-electron chi connectivity index (χ1n) is 4.98. The normalized spacial score (nSPS) is 9.76. The number of nitrogens with two attached hydrogens (primary N) is 1. The predicted octanol–water partition coefficient (Wildman–Crippen LogP) is 0.467. The van der Waals surface area contributed by atoms with Crippen molar-refractivity contribution in [2.24, 2.45) is 0 Å². The molecular formula is C11H15N3O3. The van der Waals surface area contributed by atoms with E-state index in [0.29, 0.717) is 16.9 Å². The number of amides is 1. The van der Waals surface area contributed by atoms with Gasteiger partial charge in [0.1, 0.15) is 6.54 Å². The summed E-state index contributed by atoms with van der Waals surface area (Å²) in [5.41, 5.74) is 6.98. The topological polar surface area (TPSA) is 95.7 Å². The number of benzene rings is 1. The summed E-state index contributed by atoms with van der Waals surface area (Å²) in [6.07, 6.45) is 0. The molecule has 0 aliphatic rings. The first kappa shape index (κ1) is 12.8. The molecule has 1 amide bonds. The van der Waals surface area contributed by atoms with Crippen molar-refractivity contribution in [3.63, 3.8) is 0 Å². The van der Waals surface area contributed by atoms with Crippen LogP contribution in [0.2, 0.25) is 0 Å². The Hall–Kier alpha value is -2.24. The highest BCUT2D eigenvalue weighted by atomic mass is 16.4. The second-order valence-electron chi connectivity index (χ2n) is 3.75. The monoisotopic (exact) mass is 237 g/mol. The van der Waals surface area contributed by atoms with Gasteiger partial charge in [0, 0.05) is 19.7 Å². The van der Waals surface area contributed by atoms with Gasteiger partial charge in [0.2, 0.25) is 0 Å². The third-order valence-electron chi connectivity index (χ3n) is 2.14. The number of hydrogen-bond acceptors (Lipinski definition) is 4. The molecule has 17 heavy (non-hydrogen) atoms. The Morgan fingerprint density at radius 2 is 2.06 bits per heavy atom. The highest BCUT2D eigenvalue weighted by Crippen LogP contribution is 2.20. The van der Waals surface area contributed by atoms with Crippen LogP contribution >= 0.6 is 0 Å². The van der Waals surface area contributed by atoms with Gasteiger partial charge in [-0.15, -0.1) is 0 Å². The van der Waals surface area contributed by atoms with Gasteiger partial charge in [-0.25, -0.2) is 0 Å². The van der Waals surface area contributed by atoms with E-state index in [1.807, 2.05) is 0 Å². The number of aliphatic carboxylic acids is 1. The molecule has 0 saturated heterocycles. The Balaban J connectivity index is 2.94. The molecule has 1 aromatic rings. The number of nitrogens with one attached hydrogen (secondary N) is 1. The molecule has 0 unspecified atom stereocenters. The molecule has 0 aliphatic carbocycles. The predicted molar refractivity (Wildman–Crippen MR) is 65.0 cm³/mol. The highest BCUT2D eigenvalue weighted by Gasteiger charge is 2.10. The van der Waals surface area contributed by atoms with Gasteiger partial charge < -0.3 is 21.1 Å². The fourth-order valence-corrected chi connectivity index (χ4v) is 1.27. The first-order valence-corrected chi connectivity index (χ1v) is 4.98. The fourth-order valence-electron chi connectivity index (χ4n) is 1.27. The van der Waals surface area contributed by atoms with Crippen LogP contribution in [-0.4, -0.2) is 42.5 Å². The number of anilines is 2. The molecule has 0 aliphatic heterocycles. The molecule has 0 saturated carbocycles. The summed E-state index contributed by atoms with van der Waals surface area (Å²) >= 11 is 0. The summed E-state index contributed by atoms with van der Waals surface area (Å²) in [5.74, 6) is -1.16. The number of rotatable bonds is 4. The Morgan fingerprint density at radius 1 is 1.41 bits per heavy atom. The molecule has 92 valence electrons. The zero-order valence-electron chi connectivity index (χ0n) is 9.73. The van der Waals surface area contributed by atoms with E-state index in [1.54, 1.807) is 32.3 Å². The van der Waals surface area contributed by atoms with Crippen molar-refractivity contribution in [1.29, 1.82) is 0 Å². The maximum absolute atomic E-state index is 11.7. The van der Waals surface area contributed by atoms with Crippen LogP contribution in [0.5, 0.6) is 0 Å². The molecule has 0 atom stereocenters. The Bertz CT molecular complexity index is 444. The lowest BCUT2D eigenvalue weighted by atomic mass is 10.1. The molecule has 1 rings (SSSR count). The summed E-state index contributed by atoms with van der Waals surface area (Å²) in [6, 6.07) is 4.71. The van der Waals surface area contributed by atoms with E-state index in [1.165, 1.54) is 4.90 Å². The van der Waals surface area contributed by atoms with Crippen LogP contribution in [0.15, 0.2) is 18.2 Å². The van der Waals surface area contributed by atoms with E-state index in [0.717, 1.165) is 0 Å². The molecular weight excluding hydrogens is 222 g/mol. The second kappa shape index (κ2) is 5.20. The van der Waals surface area contributed by atoms with E-state index in [4.69, 9.17) is 10.8 Å². The Labute approximate surface area is 99.0 Å². The standard InChI is InChI=1S/C11H15N3O3/c1-14(2)11(17)7-3-4-8(12)9(5-7)13-6-10(15)16/h3-5,13H,6,12H2,1-2H3,(H,15,16). The summed E-state index contributed by atoms with van der Waals surface area (Å²) in [6.45, 7) is -0.246. The number of carboxylic acid groups (broad SMARTS) is 1. The number of carbonyl (C=O) groups is 2. The van der Waals surface area contributed by atoms with Crippen LogP contribution < -0.4 is 11.1 Å². The van der Waals surface area contributed by atoms with Crippen LogP contribution in [0, 0.1) is 0 Å². The van der Waals surface area contributed by atoms with Gasteiger partial charge in [0.15, 0.2) is 0 Å². The molecule has 0 bridgehead atoms. The van der Waals surface area contributed by atoms with Crippen molar-refractivity contribution >= 4 is 23.3 Å². The highest BCUT2D eigenvalue weighted by molar-refractivity contribution is 5.96. The molecule has 6 heteroatoms. The summed E-state index contributed by atoms with van der Waals surface area (Å²) in [4.78, 5) is 23.6. The Kier molecular flexibility index (Phi) is 3.92. The van der Waals surface area contributed by atoms with Gasteiger partial charge in [-0.2, -0.15) is 0 Å². The van der Waals surface area contributed by atoms with Crippen LogP contribution in [-0.2, 0) is 4.79 Å².